The van der Waals surface area contributed by atoms with Gasteiger partial charge >= 0.3 is 0 Å². The lowest BCUT2D eigenvalue weighted by Gasteiger charge is -2.23. The molecule has 0 saturated carbocycles. The van der Waals surface area contributed by atoms with Crippen LogP contribution in [0.25, 0.3) is 117 Å². The molecule has 0 spiro atoms. The van der Waals surface area contributed by atoms with Crippen LogP contribution in [0.2, 0.25) is 0 Å². The summed E-state index contributed by atoms with van der Waals surface area (Å²) >= 11 is 3.89. The zero-order valence-electron chi connectivity index (χ0n) is 32.6. The minimum absolute atomic E-state index is 0.162. The molecule has 13 rings (SSSR count). The third-order valence-electron chi connectivity index (χ3n) is 13.2. The summed E-state index contributed by atoms with van der Waals surface area (Å²) in [6.07, 6.45) is 0. The maximum atomic E-state index is 2.52. The lowest BCUT2D eigenvalue weighted by atomic mass is 9.80. The summed E-state index contributed by atoms with van der Waals surface area (Å²) in [5, 5.41) is 13.2. The molecular weight excluding hydrogens is 749 g/mol. The molecule has 0 radical (unpaired) electrons. The molecule has 0 bridgehead atoms. The van der Waals surface area contributed by atoms with Crippen molar-refractivity contribution in [3.05, 3.63) is 193 Å². The van der Waals surface area contributed by atoms with Crippen molar-refractivity contribution >= 4 is 95.3 Å². The van der Waals surface area contributed by atoms with Crippen molar-refractivity contribution in [1.82, 2.24) is 0 Å². The Morgan fingerprint density at radius 1 is 0.339 bits per heavy atom. The van der Waals surface area contributed by atoms with E-state index in [2.05, 4.69) is 196 Å². The van der Waals surface area contributed by atoms with Crippen molar-refractivity contribution in [3.8, 4) is 44.5 Å². The first-order valence-corrected chi connectivity index (χ1v) is 22.1. The van der Waals surface area contributed by atoms with E-state index in [9.17, 15) is 0 Å². The van der Waals surface area contributed by atoms with Crippen LogP contribution >= 0.6 is 22.7 Å². The summed E-state index contributed by atoms with van der Waals surface area (Å²) in [6.45, 7) is 4.83. The maximum Gasteiger partial charge on any atom is 0.0448 e. The minimum Gasteiger partial charge on any atom is -0.134 e. The van der Waals surface area contributed by atoms with Gasteiger partial charge in [0.05, 0.1) is 0 Å². The Hall–Kier alpha value is -6.58. The van der Waals surface area contributed by atoms with Crippen molar-refractivity contribution in [2.75, 3.05) is 0 Å². The van der Waals surface area contributed by atoms with Gasteiger partial charge in [0, 0.05) is 51.3 Å². The molecular formula is C57H36S2. The molecule has 0 N–H and O–H groups in total. The summed E-state index contributed by atoms with van der Waals surface area (Å²) < 4.78 is 5.44. The molecule has 10 aromatic carbocycles. The normalized spacial score (nSPS) is 13.4. The van der Waals surface area contributed by atoms with Gasteiger partial charge in [-0.3, -0.25) is 0 Å². The van der Waals surface area contributed by atoms with Crippen LogP contribution < -0.4 is 0 Å². The maximum absolute atomic E-state index is 2.52. The van der Waals surface area contributed by atoms with Gasteiger partial charge in [0.15, 0.2) is 0 Å². The second kappa shape index (κ2) is 12.2. The second-order valence-corrected chi connectivity index (χ2v) is 18.8. The smallest absolute Gasteiger partial charge is 0.0448 e. The van der Waals surface area contributed by atoms with Crippen LogP contribution in [-0.2, 0) is 5.41 Å². The van der Waals surface area contributed by atoms with Crippen molar-refractivity contribution in [2.45, 2.75) is 19.3 Å². The Kier molecular flexibility index (Phi) is 6.92. The van der Waals surface area contributed by atoms with Crippen LogP contribution in [0.1, 0.15) is 25.0 Å². The molecule has 0 unspecified atom stereocenters. The van der Waals surface area contributed by atoms with E-state index < -0.39 is 0 Å². The van der Waals surface area contributed by atoms with E-state index in [0.717, 1.165) is 0 Å². The molecule has 59 heavy (non-hydrogen) atoms. The molecule has 276 valence electrons. The summed E-state index contributed by atoms with van der Waals surface area (Å²) in [5.74, 6) is 0. The predicted octanol–water partition coefficient (Wildman–Crippen LogP) is 17.2. The molecule has 0 amide bonds. The van der Waals surface area contributed by atoms with E-state index >= 15 is 0 Å². The average Bonchev–Trinajstić information content (AvgIpc) is 3.92. The lowest BCUT2D eigenvalue weighted by molar-refractivity contribution is 0.660. The van der Waals surface area contributed by atoms with Crippen LogP contribution in [0, 0.1) is 0 Å². The topological polar surface area (TPSA) is 0 Å². The largest absolute Gasteiger partial charge is 0.134 e. The molecule has 0 saturated heterocycles. The Morgan fingerprint density at radius 3 is 1.66 bits per heavy atom. The Bertz CT molecular complexity index is 3690. The molecule has 0 fully saturated rings. The zero-order valence-corrected chi connectivity index (χ0v) is 34.3. The Balaban J connectivity index is 1.05. The highest BCUT2D eigenvalue weighted by Gasteiger charge is 2.36. The molecule has 0 nitrogen and oxygen atoms in total. The predicted molar refractivity (Wildman–Crippen MR) is 259 cm³/mol. The molecule has 0 atom stereocenters. The van der Waals surface area contributed by atoms with Crippen molar-refractivity contribution in [1.29, 1.82) is 0 Å². The van der Waals surface area contributed by atoms with Crippen molar-refractivity contribution in [3.63, 3.8) is 0 Å². The third kappa shape index (κ3) is 4.65. The standard InChI is InChI=1S/C57H36S2/c1-57(2)47-28-25-35(53-55-45(39-18-12-13-23-49(39)58-55)32-46-54-37-17-7-6-14-33(37)26-29-50(54)59-56(46)53)30-44(47)38-27-24-36(31-48(38)57)52-42-21-10-8-19-40(42)51(34-15-4-3-5-16-34)41-20-9-11-22-43(41)52/h3-32H,1-2H3. The van der Waals surface area contributed by atoms with E-state index in [1.165, 1.54) is 128 Å². The van der Waals surface area contributed by atoms with Crippen LogP contribution in [0.15, 0.2) is 182 Å². The number of hydrogen-bond donors (Lipinski definition) is 0. The van der Waals surface area contributed by atoms with Crippen molar-refractivity contribution in [2.24, 2.45) is 0 Å². The monoisotopic (exact) mass is 784 g/mol. The van der Waals surface area contributed by atoms with Crippen molar-refractivity contribution < 1.29 is 0 Å². The fraction of sp³-hybridized carbons (Fsp3) is 0.0526. The molecule has 2 heteroatoms. The number of hydrogen-bond acceptors (Lipinski definition) is 2. The molecule has 2 aromatic heterocycles. The van der Waals surface area contributed by atoms with Gasteiger partial charge in [0.1, 0.15) is 0 Å². The molecule has 12 aromatic rings. The van der Waals surface area contributed by atoms with Gasteiger partial charge in [0.2, 0.25) is 0 Å². The lowest BCUT2D eigenvalue weighted by Crippen LogP contribution is -2.15. The van der Waals surface area contributed by atoms with E-state index in [4.69, 9.17) is 0 Å². The molecule has 0 aliphatic heterocycles. The summed E-state index contributed by atoms with van der Waals surface area (Å²) in [4.78, 5) is 0. The quantitative estimate of drug-likeness (QED) is 0.157. The number of rotatable bonds is 3. The van der Waals surface area contributed by atoms with E-state index in [0.29, 0.717) is 0 Å². The highest BCUT2D eigenvalue weighted by Crippen LogP contribution is 2.55. The van der Waals surface area contributed by atoms with Crippen LogP contribution in [0.3, 0.4) is 0 Å². The van der Waals surface area contributed by atoms with Gasteiger partial charge in [0.25, 0.3) is 0 Å². The number of fused-ring (bicyclic) bond motifs is 13. The fourth-order valence-electron chi connectivity index (χ4n) is 10.5. The molecule has 1 aliphatic carbocycles. The van der Waals surface area contributed by atoms with Gasteiger partial charge < -0.3 is 0 Å². The summed E-state index contributed by atoms with van der Waals surface area (Å²) in [6, 6.07) is 68.5. The first-order chi connectivity index (χ1) is 29.0. The summed E-state index contributed by atoms with van der Waals surface area (Å²) in [5.41, 5.74) is 13.1. The zero-order chi connectivity index (χ0) is 39.0. The highest BCUT2D eigenvalue weighted by molar-refractivity contribution is 7.29. The Morgan fingerprint density at radius 2 is 0.915 bits per heavy atom. The molecule has 2 heterocycles. The van der Waals surface area contributed by atoms with Gasteiger partial charge in [-0.05, 0) is 113 Å². The van der Waals surface area contributed by atoms with Gasteiger partial charge in [-0.25, -0.2) is 0 Å². The van der Waals surface area contributed by atoms with Gasteiger partial charge in [-0.15, -0.1) is 22.7 Å². The summed E-state index contributed by atoms with van der Waals surface area (Å²) in [7, 11) is 0. The Labute approximate surface area is 350 Å². The van der Waals surface area contributed by atoms with Crippen LogP contribution in [0.5, 0.6) is 0 Å². The van der Waals surface area contributed by atoms with Gasteiger partial charge in [-0.2, -0.15) is 0 Å². The second-order valence-electron chi connectivity index (χ2n) is 16.7. The first kappa shape index (κ1) is 33.4. The minimum atomic E-state index is -0.162. The first-order valence-electron chi connectivity index (χ1n) is 20.5. The van der Waals surface area contributed by atoms with Crippen LogP contribution in [-0.4, -0.2) is 0 Å². The third-order valence-corrected chi connectivity index (χ3v) is 15.6. The fourth-order valence-corrected chi connectivity index (χ4v) is 13.1. The van der Waals surface area contributed by atoms with Crippen LogP contribution in [0.4, 0.5) is 0 Å². The highest BCUT2D eigenvalue weighted by atomic mass is 32.1. The number of benzene rings is 10. The molecule has 1 aliphatic rings. The van der Waals surface area contributed by atoms with E-state index in [-0.39, 0.29) is 5.41 Å². The SMILES string of the molecule is CC1(C)c2ccc(-c3c4sc5ccccc5c4cc4c3sc3ccc5ccccc5c34)cc2-c2ccc(-c3c4ccccc4c(-c4ccccc4)c4ccccc34)cc21. The average molecular weight is 785 g/mol. The van der Waals surface area contributed by atoms with E-state index in [1.54, 1.807) is 0 Å². The van der Waals surface area contributed by atoms with Gasteiger partial charge in [-0.1, -0.05) is 166 Å². The number of thiophene rings is 2. The van der Waals surface area contributed by atoms with E-state index in [1.807, 2.05) is 22.7 Å².